The molecule has 1 atom stereocenters. The molecule has 0 aromatic heterocycles. The average Bonchev–Trinajstić information content (AvgIpc) is 2.63. The summed E-state index contributed by atoms with van der Waals surface area (Å²) in [6, 6.07) is 7.44. The molecule has 3 N–H and O–H groups in total. The summed E-state index contributed by atoms with van der Waals surface area (Å²) < 4.78 is 4.81. The van der Waals surface area contributed by atoms with E-state index in [1.165, 1.54) is 22.5 Å². The van der Waals surface area contributed by atoms with Crippen molar-refractivity contribution in [2.75, 3.05) is 39.8 Å². The monoisotopic (exact) mass is 397 g/mol. The predicted molar refractivity (Wildman–Crippen MR) is 105 cm³/mol. The largest absolute Gasteiger partial charge is 0.467 e. The van der Waals surface area contributed by atoms with Crippen LogP contribution in [0.1, 0.15) is 25.8 Å². The fourth-order valence-corrected chi connectivity index (χ4v) is 3.63. The lowest BCUT2D eigenvalue weighted by molar-refractivity contribution is -1.02. The van der Waals surface area contributed by atoms with Crippen LogP contribution in [0.5, 0.6) is 0 Å². The van der Waals surface area contributed by atoms with Gasteiger partial charge in [-0.05, 0) is 24.5 Å². The number of esters is 1. The van der Waals surface area contributed by atoms with Crippen LogP contribution in [0.3, 0.4) is 0 Å². The maximum atomic E-state index is 12.4. The molecular weight excluding hydrogens is 366 g/mol. The number of hydrogen-bond acceptors (Lipinski definition) is 3. The minimum absolute atomic E-state index is 0.0813. The van der Waals surface area contributed by atoms with Crippen LogP contribution in [0.25, 0.3) is 0 Å². The van der Waals surface area contributed by atoms with Crippen molar-refractivity contribution in [3.63, 3.8) is 0 Å². The topological polar surface area (TPSA) is 64.3 Å². The maximum absolute atomic E-state index is 12.4. The summed E-state index contributed by atoms with van der Waals surface area (Å²) in [4.78, 5) is 27.0. The van der Waals surface area contributed by atoms with Gasteiger partial charge in [0.15, 0.2) is 6.54 Å². The molecule has 0 saturated carbocycles. The van der Waals surface area contributed by atoms with E-state index >= 15 is 0 Å². The van der Waals surface area contributed by atoms with Crippen molar-refractivity contribution in [3.8, 4) is 0 Å². The highest BCUT2D eigenvalue weighted by atomic mass is 35.5. The molecule has 2 rings (SSSR count). The molecule has 1 amide bonds. The average molecular weight is 398 g/mol. The number of carbonyl (C=O) groups is 2. The van der Waals surface area contributed by atoms with Crippen molar-refractivity contribution in [2.24, 2.45) is 5.92 Å². The molecule has 0 radical (unpaired) electrons. The lowest BCUT2D eigenvalue weighted by Gasteiger charge is -2.29. The zero-order valence-electron chi connectivity index (χ0n) is 16.5. The van der Waals surface area contributed by atoms with Gasteiger partial charge in [-0.1, -0.05) is 37.6 Å². The predicted octanol–water partition coefficient (Wildman–Crippen LogP) is -0.673. The van der Waals surface area contributed by atoms with Crippen LogP contribution in [-0.4, -0.2) is 57.8 Å². The second-order valence-corrected chi connectivity index (χ2v) is 8.19. The Morgan fingerprint density at radius 3 is 2.26 bits per heavy atom. The van der Waals surface area contributed by atoms with Gasteiger partial charge in [0.25, 0.3) is 5.91 Å². The Morgan fingerprint density at radius 1 is 1.11 bits per heavy atom. The lowest BCUT2D eigenvalue weighted by atomic mass is 10.0. The number of methoxy groups -OCH3 is 1. The van der Waals surface area contributed by atoms with Gasteiger partial charge in [0.2, 0.25) is 0 Å². The van der Waals surface area contributed by atoms with Gasteiger partial charge in [-0.25, -0.2) is 4.79 Å². The van der Waals surface area contributed by atoms with Crippen molar-refractivity contribution < 1.29 is 24.1 Å². The normalized spacial score (nSPS) is 20.9. The summed E-state index contributed by atoms with van der Waals surface area (Å²) in [7, 11) is 1.36. The Bertz CT molecular complexity index is 613. The van der Waals surface area contributed by atoms with Crippen LogP contribution in [0.2, 0.25) is 5.02 Å². The second kappa shape index (κ2) is 10.6. The highest BCUT2D eigenvalue weighted by Gasteiger charge is 2.28. The Hall–Kier alpha value is -1.63. The van der Waals surface area contributed by atoms with E-state index in [0.717, 1.165) is 37.7 Å². The highest BCUT2D eigenvalue weighted by Crippen LogP contribution is 2.08. The standard InChI is InChI=1S/C20H30ClN3O3/c1-15(2)12-18(20(26)27-3)22-19(25)14-24-10-8-23(9-11-24)13-16-4-6-17(21)7-5-16/h4-7,15,18H,8-14H2,1-3H3,(H,22,25)/p+2/t18-/m0/s1. The van der Waals surface area contributed by atoms with Crippen LogP contribution >= 0.6 is 11.6 Å². The quantitative estimate of drug-likeness (QED) is 0.510. The third-order valence-corrected chi connectivity index (χ3v) is 5.22. The van der Waals surface area contributed by atoms with E-state index in [4.69, 9.17) is 16.3 Å². The van der Waals surface area contributed by atoms with E-state index in [-0.39, 0.29) is 11.9 Å². The van der Waals surface area contributed by atoms with E-state index in [9.17, 15) is 9.59 Å². The lowest BCUT2D eigenvalue weighted by Crippen LogP contribution is -3.28. The SMILES string of the molecule is COC(=O)[C@H](CC(C)C)NC(=O)C[NH+]1CC[NH+](Cc2ccc(Cl)cc2)CC1. The van der Waals surface area contributed by atoms with Gasteiger partial charge in [0.1, 0.15) is 38.8 Å². The zero-order valence-corrected chi connectivity index (χ0v) is 17.3. The van der Waals surface area contributed by atoms with Gasteiger partial charge in [-0.3, -0.25) is 4.79 Å². The fourth-order valence-electron chi connectivity index (χ4n) is 3.50. The number of rotatable bonds is 8. The van der Waals surface area contributed by atoms with Gasteiger partial charge >= 0.3 is 5.97 Å². The minimum atomic E-state index is -0.557. The number of halogens is 1. The van der Waals surface area contributed by atoms with E-state index in [1.54, 1.807) is 0 Å². The van der Waals surface area contributed by atoms with Crippen LogP contribution in [0.15, 0.2) is 24.3 Å². The van der Waals surface area contributed by atoms with Crippen molar-refractivity contribution in [3.05, 3.63) is 34.9 Å². The van der Waals surface area contributed by atoms with Crippen LogP contribution in [0.4, 0.5) is 0 Å². The fraction of sp³-hybridized carbons (Fsp3) is 0.600. The number of amides is 1. The van der Waals surface area contributed by atoms with Gasteiger partial charge < -0.3 is 19.9 Å². The van der Waals surface area contributed by atoms with Crippen LogP contribution in [-0.2, 0) is 20.9 Å². The van der Waals surface area contributed by atoms with Crippen LogP contribution < -0.4 is 15.1 Å². The van der Waals surface area contributed by atoms with Gasteiger partial charge in [-0.2, -0.15) is 0 Å². The summed E-state index contributed by atoms with van der Waals surface area (Å²) >= 11 is 5.94. The Kier molecular flexibility index (Phi) is 8.54. The highest BCUT2D eigenvalue weighted by molar-refractivity contribution is 6.30. The second-order valence-electron chi connectivity index (χ2n) is 7.75. The molecule has 0 aliphatic carbocycles. The van der Waals surface area contributed by atoms with Crippen molar-refractivity contribution in [1.82, 2.24) is 5.32 Å². The molecule has 1 fully saturated rings. The molecule has 1 saturated heterocycles. The first-order chi connectivity index (χ1) is 12.9. The molecule has 0 unspecified atom stereocenters. The smallest absolute Gasteiger partial charge is 0.328 e. The van der Waals surface area contributed by atoms with Crippen LogP contribution in [0, 0.1) is 5.92 Å². The Morgan fingerprint density at radius 2 is 1.70 bits per heavy atom. The number of ether oxygens (including phenoxy) is 1. The first kappa shape index (κ1) is 21.7. The molecule has 1 aliphatic heterocycles. The molecular formula is C20H32ClN3O3+2. The third kappa shape index (κ3) is 7.48. The number of quaternary nitrogens is 2. The molecule has 1 aromatic carbocycles. The number of piperazine rings is 1. The van der Waals surface area contributed by atoms with E-state index in [1.807, 2.05) is 26.0 Å². The van der Waals surface area contributed by atoms with Gasteiger partial charge in [0.05, 0.1) is 7.11 Å². The molecule has 0 bridgehead atoms. The summed E-state index contributed by atoms with van der Waals surface area (Å²) in [6.07, 6.45) is 0.590. The number of hydrogen-bond donors (Lipinski definition) is 3. The number of nitrogens with one attached hydrogen (secondary N) is 3. The molecule has 1 heterocycles. The number of benzene rings is 1. The number of carbonyl (C=O) groups excluding carboxylic acids is 2. The first-order valence-corrected chi connectivity index (χ1v) is 10.0. The molecule has 6 nitrogen and oxygen atoms in total. The first-order valence-electron chi connectivity index (χ1n) is 9.66. The van der Waals surface area contributed by atoms with Crippen molar-refractivity contribution in [1.29, 1.82) is 0 Å². The van der Waals surface area contributed by atoms with E-state index in [0.29, 0.717) is 18.9 Å². The molecule has 150 valence electrons. The van der Waals surface area contributed by atoms with E-state index in [2.05, 4.69) is 17.4 Å². The summed E-state index contributed by atoms with van der Waals surface area (Å²) in [5.41, 5.74) is 1.28. The molecule has 1 aliphatic rings. The summed E-state index contributed by atoms with van der Waals surface area (Å²) in [5, 5.41) is 3.61. The maximum Gasteiger partial charge on any atom is 0.328 e. The minimum Gasteiger partial charge on any atom is -0.467 e. The third-order valence-electron chi connectivity index (χ3n) is 4.97. The zero-order chi connectivity index (χ0) is 19.8. The molecule has 0 spiro atoms. The summed E-state index contributed by atoms with van der Waals surface area (Å²) in [6.45, 7) is 9.38. The van der Waals surface area contributed by atoms with Gasteiger partial charge in [0, 0.05) is 10.6 Å². The van der Waals surface area contributed by atoms with E-state index < -0.39 is 6.04 Å². The molecule has 27 heavy (non-hydrogen) atoms. The van der Waals surface area contributed by atoms with Crippen molar-refractivity contribution >= 4 is 23.5 Å². The Labute approximate surface area is 166 Å². The molecule has 7 heteroatoms. The summed E-state index contributed by atoms with van der Waals surface area (Å²) in [5.74, 6) is -0.145. The van der Waals surface area contributed by atoms with Crippen molar-refractivity contribution in [2.45, 2.75) is 32.9 Å². The van der Waals surface area contributed by atoms with Gasteiger partial charge in [-0.15, -0.1) is 0 Å². The molecule has 1 aromatic rings. The Balaban J connectivity index is 1.76.